The average molecular weight is 396 g/mol. The third-order valence-corrected chi connectivity index (χ3v) is 6.57. The van der Waals surface area contributed by atoms with Crippen LogP contribution in [0.25, 0.3) is 0 Å². The van der Waals surface area contributed by atoms with Gasteiger partial charge in [-0.05, 0) is 86.9 Å². The number of hydrogen-bond donors (Lipinski definition) is 1. The van der Waals surface area contributed by atoms with Crippen molar-refractivity contribution in [3.63, 3.8) is 0 Å². The highest BCUT2D eigenvalue weighted by molar-refractivity contribution is 5.99. The lowest BCUT2D eigenvalue weighted by molar-refractivity contribution is -0.122. The molecule has 0 aliphatic heterocycles. The van der Waals surface area contributed by atoms with Crippen LogP contribution in [-0.4, -0.2) is 12.0 Å². The maximum absolute atomic E-state index is 13.4. The van der Waals surface area contributed by atoms with Crippen LogP contribution in [0.5, 0.6) is 5.75 Å². The number of halogens is 1. The second-order valence-electron chi connectivity index (χ2n) is 8.61. The molecule has 4 rings (SSSR count). The molecule has 0 unspecified atom stereocenters. The van der Waals surface area contributed by atoms with E-state index in [1.807, 2.05) is 25.1 Å². The number of ether oxygens (including phenoxy) is 1. The van der Waals surface area contributed by atoms with Gasteiger partial charge < -0.3 is 10.1 Å². The second kappa shape index (κ2) is 8.56. The molecule has 0 aromatic heterocycles. The van der Waals surface area contributed by atoms with Crippen LogP contribution < -0.4 is 10.1 Å². The molecule has 2 fully saturated rings. The number of nitrogens with one attached hydrogen (secondary N) is 1. The first kappa shape index (κ1) is 19.9. The first-order valence-electron chi connectivity index (χ1n) is 10.9. The molecule has 1 N–H and O–H groups in total. The molecule has 3 nitrogen and oxygen atoms in total. The molecule has 0 bridgehead atoms. The van der Waals surface area contributed by atoms with Gasteiger partial charge in [-0.25, -0.2) is 4.39 Å². The number of amides is 1. The van der Waals surface area contributed by atoms with Crippen molar-refractivity contribution in [2.24, 2.45) is 0 Å². The third-order valence-electron chi connectivity index (χ3n) is 6.57. The van der Waals surface area contributed by atoms with E-state index in [1.54, 1.807) is 12.1 Å². The van der Waals surface area contributed by atoms with Crippen molar-refractivity contribution in [1.82, 2.24) is 0 Å². The van der Waals surface area contributed by atoms with Crippen molar-refractivity contribution in [2.45, 2.75) is 76.2 Å². The van der Waals surface area contributed by atoms with E-state index < -0.39 is 5.41 Å². The van der Waals surface area contributed by atoms with Crippen LogP contribution in [-0.2, 0) is 10.2 Å². The van der Waals surface area contributed by atoms with Gasteiger partial charge in [0.25, 0.3) is 0 Å². The molecule has 0 saturated heterocycles. The Labute approximate surface area is 172 Å². The van der Waals surface area contributed by atoms with Gasteiger partial charge in [-0.2, -0.15) is 0 Å². The minimum Gasteiger partial charge on any atom is -0.490 e. The molecule has 4 heteroatoms. The minimum atomic E-state index is -0.584. The number of aryl methyl sites for hydroxylation is 1. The van der Waals surface area contributed by atoms with Gasteiger partial charge in [0, 0.05) is 5.69 Å². The molecule has 0 radical (unpaired) electrons. The monoisotopic (exact) mass is 395 g/mol. The Balaban J connectivity index is 1.53. The zero-order valence-corrected chi connectivity index (χ0v) is 17.2. The summed E-state index contributed by atoms with van der Waals surface area (Å²) in [5, 5.41) is 3.14. The van der Waals surface area contributed by atoms with Gasteiger partial charge in [0.15, 0.2) is 0 Å². The van der Waals surface area contributed by atoms with Crippen molar-refractivity contribution in [3.8, 4) is 5.75 Å². The van der Waals surface area contributed by atoms with Crippen molar-refractivity contribution in [2.75, 3.05) is 5.32 Å². The van der Waals surface area contributed by atoms with Crippen LogP contribution >= 0.6 is 0 Å². The summed E-state index contributed by atoms with van der Waals surface area (Å²) >= 11 is 0. The summed E-state index contributed by atoms with van der Waals surface area (Å²) in [5.41, 5.74) is 2.15. The lowest BCUT2D eigenvalue weighted by Crippen LogP contribution is -2.42. The van der Waals surface area contributed by atoms with Gasteiger partial charge in [0.05, 0.1) is 11.5 Å². The zero-order valence-electron chi connectivity index (χ0n) is 17.2. The number of benzene rings is 2. The largest absolute Gasteiger partial charge is 0.490 e. The van der Waals surface area contributed by atoms with Crippen LogP contribution in [0.4, 0.5) is 10.1 Å². The Morgan fingerprint density at radius 2 is 1.69 bits per heavy atom. The minimum absolute atomic E-state index is 0.00710. The highest BCUT2D eigenvalue weighted by Gasteiger charge is 2.41. The summed E-state index contributed by atoms with van der Waals surface area (Å²) < 4.78 is 19.6. The number of hydrogen-bond acceptors (Lipinski definition) is 2. The van der Waals surface area contributed by atoms with Gasteiger partial charge in [-0.15, -0.1) is 0 Å². The molecule has 1 amide bonds. The fourth-order valence-electron chi connectivity index (χ4n) is 4.87. The molecule has 2 aliphatic carbocycles. The van der Waals surface area contributed by atoms with Gasteiger partial charge in [0.2, 0.25) is 5.91 Å². The summed E-state index contributed by atoms with van der Waals surface area (Å²) in [6.45, 7) is 2.02. The lowest BCUT2D eigenvalue weighted by Gasteiger charge is -2.36. The Morgan fingerprint density at radius 1 is 1.00 bits per heavy atom. The summed E-state index contributed by atoms with van der Waals surface area (Å²) in [4.78, 5) is 13.4. The van der Waals surface area contributed by atoms with E-state index in [0.29, 0.717) is 6.10 Å². The highest BCUT2D eigenvalue weighted by Crippen LogP contribution is 2.41. The van der Waals surface area contributed by atoms with Gasteiger partial charge >= 0.3 is 0 Å². The van der Waals surface area contributed by atoms with E-state index in [2.05, 4.69) is 5.32 Å². The van der Waals surface area contributed by atoms with E-state index >= 15 is 0 Å². The summed E-state index contributed by atoms with van der Waals surface area (Å²) in [7, 11) is 0. The van der Waals surface area contributed by atoms with Crippen molar-refractivity contribution < 1.29 is 13.9 Å². The molecule has 0 spiro atoms. The smallest absolute Gasteiger partial charge is 0.235 e. The van der Waals surface area contributed by atoms with Crippen molar-refractivity contribution in [3.05, 3.63) is 59.4 Å². The Kier molecular flexibility index (Phi) is 5.89. The van der Waals surface area contributed by atoms with Crippen LogP contribution in [0.1, 0.15) is 68.9 Å². The molecular formula is C25H30FNO2. The Morgan fingerprint density at radius 3 is 2.34 bits per heavy atom. The average Bonchev–Trinajstić information content (AvgIpc) is 3.24. The van der Waals surface area contributed by atoms with Crippen LogP contribution in [0.3, 0.4) is 0 Å². The molecule has 29 heavy (non-hydrogen) atoms. The first-order chi connectivity index (χ1) is 14.1. The van der Waals surface area contributed by atoms with E-state index in [9.17, 15) is 9.18 Å². The SMILES string of the molecule is Cc1cc(NC(=O)C2(c3ccc(F)cc3)CCCCC2)ccc1OC1CCCC1. The first-order valence-corrected chi connectivity index (χ1v) is 10.9. The van der Waals surface area contributed by atoms with Crippen molar-refractivity contribution in [1.29, 1.82) is 0 Å². The molecule has 2 aliphatic rings. The summed E-state index contributed by atoms with van der Waals surface area (Å²) in [6.07, 6.45) is 9.80. The van der Waals surface area contributed by atoms with E-state index in [0.717, 1.165) is 67.5 Å². The van der Waals surface area contributed by atoms with E-state index in [-0.39, 0.29) is 11.7 Å². The molecule has 2 aromatic carbocycles. The fourth-order valence-corrected chi connectivity index (χ4v) is 4.87. The predicted molar refractivity (Wildman–Crippen MR) is 114 cm³/mol. The second-order valence-corrected chi connectivity index (χ2v) is 8.61. The number of anilines is 1. The standard InChI is InChI=1S/C25H30FNO2/c1-18-17-21(13-14-23(18)29-22-7-3-4-8-22)27-24(28)25(15-5-2-6-16-25)19-9-11-20(26)12-10-19/h9-14,17,22H,2-8,15-16H2,1H3,(H,27,28). The maximum atomic E-state index is 13.4. The normalized spacial score (nSPS) is 19.1. The Hall–Kier alpha value is -2.36. The van der Waals surface area contributed by atoms with Gasteiger partial charge in [-0.3, -0.25) is 4.79 Å². The number of carbonyl (C=O) groups is 1. The molecular weight excluding hydrogens is 365 g/mol. The molecule has 2 aromatic rings. The molecule has 0 atom stereocenters. The predicted octanol–water partition coefficient (Wildman–Crippen LogP) is 6.30. The third kappa shape index (κ3) is 4.31. The van der Waals surface area contributed by atoms with Crippen LogP contribution in [0, 0.1) is 12.7 Å². The summed E-state index contributed by atoms with van der Waals surface area (Å²) in [6, 6.07) is 12.3. The van der Waals surface area contributed by atoms with Gasteiger partial charge in [0.1, 0.15) is 11.6 Å². The number of rotatable bonds is 5. The lowest BCUT2D eigenvalue weighted by atomic mass is 9.68. The van der Waals surface area contributed by atoms with Gasteiger partial charge in [-0.1, -0.05) is 31.4 Å². The van der Waals surface area contributed by atoms with Crippen molar-refractivity contribution >= 4 is 11.6 Å². The molecule has 2 saturated carbocycles. The number of carbonyl (C=O) groups excluding carboxylic acids is 1. The quantitative estimate of drug-likeness (QED) is 0.645. The fraction of sp³-hybridized carbons (Fsp3) is 0.480. The molecule has 154 valence electrons. The Bertz CT molecular complexity index is 850. The highest BCUT2D eigenvalue weighted by atomic mass is 19.1. The zero-order chi connectivity index (χ0) is 20.3. The van der Waals surface area contributed by atoms with E-state index in [1.165, 1.54) is 25.0 Å². The molecule has 0 heterocycles. The van der Waals surface area contributed by atoms with E-state index in [4.69, 9.17) is 4.74 Å². The summed E-state index contributed by atoms with van der Waals surface area (Å²) in [5.74, 6) is 0.641. The maximum Gasteiger partial charge on any atom is 0.235 e. The van der Waals surface area contributed by atoms with Crippen LogP contribution in [0.2, 0.25) is 0 Å². The van der Waals surface area contributed by atoms with Crippen LogP contribution in [0.15, 0.2) is 42.5 Å². The topological polar surface area (TPSA) is 38.3 Å².